The van der Waals surface area contributed by atoms with Gasteiger partial charge in [-0.1, -0.05) is 18.5 Å². The average Bonchev–Trinajstić information content (AvgIpc) is 3.34. The molecule has 4 amide bonds. The molecule has 4 heterocycles. The number of pyridine rings is 1. The third-order valence-corrected chi connectivity index (χ3v) is 11.1. The minimum Gasteiger partial charge on any atom is -0.492 e. The van der Waals surface area contributed by atoms with E-state index in [1.54, 1.807) is 49.1 Å². The Balaban J connectivity index is 0.00000683. The minimum atomic E-state index is -4.86. The summed E-state index contributed by atoms with van der Waals surface area (Å²) >= 11 is 12.0. The molecule has 3 saturated heterocycles. The van der Waals surface area contributed by atoms with Crippen LogP contribution < -0.4 is 30.5 Å². The van der Waals surface area contributed by atoms with Crippen LogP contribution in [0.2, 0.25) is 5.02 Å². The molecule has 0 saturated carbocycles. The van der Waals surface area contributed by atoms with Gasteiger partial charge in [0.05, 0.1) is 24.0 Å². The molecular formula is C40H44Cl2F3N9O5S. The summed E-state index contributed by atoms with van der Waals surface area (Å²) in [6.45, 7) is 10.5. The van der Waals surface area contributed by atoms with Crippen LogP contribution in [0.25, 0.3) is 0 Å². The van der Waals surface area contributed by atoms with Crippen molar-refractivity contribution >= 4 is 87.7 Å². The molecule has 3 N–H and O–H groups in total. The number of halogens is 5. The molecule has 3 aliphatic heterocycles. The third kappa shape index (κ3) is 10.1. The van der Waals surface area contributed by atoms with Gasteiger partial charge in [0.2, 0.25) is 17.7 Å². The second-order valence-electron chi connectivity index (χ2n) is 15.1. The predicted octanol–water partition coefficient (Wildman–Crippen LogP) is 5.77. The zero-order valence-electron chi connectivity index (χ0n) is 33.2. The van der Waals surface area contributed by atoms with Crippen LogP contribution in [0.15, 0.2) is 48.7 Å². The van der Waals surface area contributed by atoms with Crippen LogP contribution in [0.4, 0.5) is 35.9 Å². The lowest BCUT2D eigenvalue weighted by molar-refractivity contribution is -0.138. The smallest absolute Gasteiger partial charge is 0.419 e. The fraction of sp³-hybridized carbons (Fsp3) is 0.425. The fourth-order valence-corrected chi connectivity index (χ4v) is 8.17. The zero-order valence-corrected chi connectivity index (χ0v) is 35.6. The molecule has 3 aliphatic rings. The number of rotatable bonds is 12. The Bertz CT molecular complexity index is 2220. The highest BCUT2D eigenvalue weighted by Gasteiger charge is 2.51. The van der Waals surface area contributed by atoms with Crippen molar-refractivity contribution in [3.63, 3.8) is 0 Å². The third-order valence-electron chi connectivity index (χ3n) is 10.5. The van der Waals surface area contributed by atoms with Gasteiger partial charge in [0, 0.05) is 60.7 Å². The van der Waals surface area contributed by atoms with E-state index in [2.05, 4.69) is 37.7 Å². The van der Waals surface area contributed by atoms with E-state index in [0.29, 0.717) is 79.5 Å². The van der Waals surface area contributed by atoms with Crippen LogP contribution >= 0.6 is 36.2 Å². The van der Waals surface area contributed by atoms with Crippen molar-refractivity contribution in [2.24, 2.45) is 0 Å². The van der Waals surface area contributed by atoms with Crippen molar-refractivity contribution in [2.45, 2.75) is 70.8 Å². The quantitative estimate of drug-likeness (QED) is 0.149. The van der Waals surface area contributed by atoms with Crippen LogP contribution in [0, 0.1) is 11.3 Å². The van der Waals surface area contributed by atoms with Gasteiger partial charge in [0.15, 0.2) is 10.8 Å². The molecule has 2 unspecified atom stereocenters. The van der Waals surface area contributed by atoms with Crippen LogP contribution in [0.5, 0.6) is 5.75 Å². The zero-order chi connectivity index (χ0) is 42.8. The van der Waals surface area contributed by atoms with Crippen molar-refractivity contribution in [1.82, 2.24) is 20.1 Å². The van der Waals surface area contributed by atoms with Gasteiger partial charge in [-0.2, -0.15) is 18.4 Å². The van der Waals surface area contributed by atoms with Crippen molar-refractivity contribution < 1.29 is 37.1 Å². The summed E-state index contributed by atoms with van der Waals surface area (Å²) < 4.78 is 47.4. The van der Waals surface area contributed by atoms with Gasteiger partial charge < -0.3 is 20.3 Å². The number of piperidine rings is 1. The van der Waals surface area contributed by atoms with E-state index < -0.39 is 40.8 Å². The highest BCUT2D eigenvalue weighted by Crippen LogP contribution is 2.40. The predicted molar refractivity (Wildman–Crippen MR) is 227 cm³/mol. The lowest BCUT2D eigenvalue weighted by atomic mass is 10.0. The largest absolute Gasteiger partial charge is 0.492 e. The molecule has 3 aromatic rings. The summed E-state index contributed by atoms with van der Waals surface area (Å²) in [4.78, 5) is 61.1. The van der Waals surface area contributed by atoms with Gasteiger partial charge in [-0.15, -0.1) is 12.4 Å². The first-order chi connectivity index (χ1) is 27.9. The highest BCUT2D eigenvalue weighted by atomic mass is 35.5. The Kier molecular flexibility index (Phi) is 14.3. The van der Waals surface area contributed by atoms with E-state index >= 15 is 0 Å². The van der Waals surface area contributed by atoms with Crippen molar-refractivity contribution in [3.8, 4) is 11.8 Å². The number of carbonyl (C=O) groups excluding carboxylic acids is 4. The Morgan fingerprint density at radius 3 is 2.52 bits per heavy atom. The molecule has 60 heavy (non-hydrogen) atoms. The summed E-state index contributed by atoms with van der Waals surface area (Å²) in [7, 11) is 0. The molecule has 20 heteroatoms. The second-order valence-corrected chi connectivity index (χ2v) is 15.9. The molecule has 2 atom stereocenters. The number of carbonyl (C=O) groups is 4. The number of hydrogen-bond acceptors (Lipinski definition) is 11. The summed E-state index contributed by atoms with van der Waals surface area (Å²) in [5, 5.41) is 17.8. The number of piperazine rings is 1. The number of alkyl halides is 3. The number of nitrogens with zero attached hydrogens (tertiary/aromatic N) is 6. The summed E-state index contributed by atoms with van der Waals surface area (Å²) in [5.41, 5.74) is -1.08. The van der Waals surface area contributed by atoms with E-state index in [0.717, 1.165) is 16.7 Å². The molecule has 0 bridgehead atoms. The van der Waals surface area contributed by atoms with E-state index in [-0.39, 0.29) is 54.0 Å². The molecule has 3 fully saturated rings. The molecule has 0 aliphatic carbocycles. The van der Waals surface area contributed by atoms with E-state index in [1.165, 1.54) is 6.07 Å². The number of amides is 4. The van der Waals surface area contributed by atoms with E-state index in [9.17, 15) is 37.6 Å². The maximum absolute atomic E-state index is 13.7. The first kappa shape index (κ1) is 46.0. The van der Waals surface area contributed by atoms with Crippen LogP contribution in [-0.4, -0.2) is 100 Å². The lowest BCUT2D eigenvalue weighted by Crippen LogP contribution is -2.54. The summed E-state index contributed by atoms with van der Waals surface area (Å²) in [5.74, 6) is -0.837. The molecule has 0 spiro atoms. The van der Waals surface area contributed by atoms with Crippen LogP contribution in [-0.2, 0) is 31.8 Å². The van der Waals surface area contributed by atoms with E-state index in [1.807, 2.05) is 13.0 Å². The molecule has 320 valence electrons. The van der Waals surface area contributed by atoms with Gasteiger partial charge in [0.1, 0.15) is 30.0 Å². The maximum atomic E-state index is 13.7. The lowest BCUT2D eigenvalue weighted by Gasteiger charge is -2.39. The Hall–Kier alpha value is -5.06. The van der Waals surface area contributed by atoms with Crippen LogP contribution in [0.1, 0.15) is 57.4 Å². The van der Waals surface area contributed by atoms with Gasteiger partial charge in [0.25, 0.3) is 5.91 Å². The molecule has 0 radical (unpaired) electrons. The SMILES string of the molecule is CCc1cc(N2C(=S)N(c3cnc(C#N)c(C(F)(F)F)c3)C(=O)C2(C)C)ccc1OCCN1CCN(CC(=O)Nc2cc(Cl)cc(NC3CCC(=O)NC3=O)c2)C(C)C1.Cl. The van der Waals surface area contributed by atoms with Crippen molar-refractivity contribution in [2.75, 3.05) is 59.8 Å². The average molecular weight is 891 g/mol. The number of anilines is 4. The van der Waals surface area contributed by atoms with E-state index in [4.69, 9.17) is 28.6 Å². The number of aromatic nitrogens is 1. The molecule has 1 aromatic heterocycles. The standard InChI is InChI=1S/C40H43ClF3N9O5S.ClH/c1-5-24-14-28(53-38(59)52(37(57)39(53,3)4)29-18-30(40(42,43)44)32(19-45)46-20-29)6-8-33(24)58-13-12-50-10-11-51(23(2)21-50)22-35(55)48-27-16-25(41)15-26(17-27)47-31-7-9-34(54)49-36(31)56;/h6,8,14-18,20,23,31,47H,5,7,9-13,21-22H2,1-4H3,(H,48,55)(H,49,54,56);1H. The number of thiocarbonyl (C=S) groups is 1. The number of aryl methyl sites for hydroxylation is 1. The second kappa shape index (κ2) is 18.7. The number of nitriles is 1. The normalized spacial score (nSPS) is 19.7. The number of hydrogen-bond donors (Lipinski definition) is 3. The summed E-state index contributed by atoms with van der Waals surface area (Å²) in [6, 6.07) is 12.0. The topological polar surface area (TPSA) is 163 Å². The molecular weight excluding hydrogens is 846 g/mol. The number of benzene rings is 2. The number of nitrogens with one attached hydrogen (secondary N) is 3. The van der Waals surface area contributed by atoms with Gasteiger partial charge in [-0.3, -0.25) is 39.2 Å². The molecule has 2 aromatic carbocycles. The molecule has 6 rings (SSSR count). The maximum Gasteiger partial charge on any atom is 0.419 e. The first-order valence-corrected chi connectivity index (χ1v) is 19.8. The van der Waals surface area contributed by atoms with Gasteiger partial charge in [-0.25, -0.2) is 4.98 Å². The minimum absolute atomic E-state index is 0. The van der Waals surface area contributed by atoms with Crippen LogP contribution in [0.3, 0.4) is 0 Å². The Morgan fingerprint density at radius 2 is 1.85 bits per heavy atom. The first-order valence-electron chi connectivity index (χ1n) is 19.0. The van der Waals surface area contributed by atoms with Crippen molar-refractivity contribution in [1.29, 1.82) is 5.26 Å². The van der Waals surface area contributed by atoms with Gasteiger partial charge >= 0.3 is 6.18 Å². The number of ether oxygens (including phenoxy) is 1. The van der Waals surface area contributed by atoms with Crippen molar-refractivity contribution in [3.05, 3.63) is 70.5 Å². The summed E-state index contributed by atoms with van der Waals surface area (Å²) in [6.07, 6.45) is -2.66. The molecule has 14 nitrogen and oxygen atoms in total. The van der Waals surface area contributed by atoms with Gasteiger partial charge in [-0.05, 0) is 93.9 Å². The Labute approximate surface area is 361 Å². The monoisotopic (exact) mass is 889 g/mol. The Morgan fingerprint density at radius 1 is 1.12 bits per heavy atom. The fourth-order valence-electron chi connectivity index (χ4n) is 7.42. The number of imide groups is 1. The highest BCUT2D eigenvalue weighted by molar-refractivity contribution is 7.81.